The van der Waals surface area contributed by atoms with E-state index in [4.69, 9.17) is 15.1 Å². The Hall–Kier alpha value is -1.01. The maximum atomic E-state index is 12.2. The van der Waals surface area contributed by atoms with Crippen LogP contribution >= 0.6 is 10.7 Å². The fourth-order valence-corrected chi connectivity index (χ4v) is 3.33. The zero-order valence-electron chi connectivity index (χ0n) is 10.7. The van der Waals surface area contributed by atoms with Crippen molar-refractivity contribution in [2.45, 2.75) is 37.5 Å². The number of hydrogen-bond donors (Lipinski definition) is 0. The molecule has 1 fully saturated rings. The quantitative estimate of drug-likeness (QED) is 0.787. The number of nitrogens with zero attached hydrogens (tertiary/aromatic N) is 1. The number of aryl methyl sites for hydroxylation is 1. The first-order valence-corrected chi connectivity index (χ1v) is 8.55. The molecule has 0 bridgehead atoms. The van der Waals surface area contributed by atoms with Crippen molar-refractivity contribution in [1.29, 1.82) is 0 Å². The molecular weight excluding hydrogens is 290 g/mol. The van der Waals surface area contributed by atoms with Crippen LogP contribution in [0, 0.1) is 6.92 Å². The van der Waals surface area contributed by atoms with Gasteiger partial charge in [0.1, 0.15) is 10.7 Å². The Morgan fingerprint density at radius 3 is 2.32 bits per heavy atom. The third-order valence-corrected chi connectivity index (χ3v) is 4.67. The van der Waals surface area contributed by atoms with Gasteiger partial charge < -0.3 is 9.32 Å². The van der Waals surface area contributed by atoms with E-state index in [0.29, 0.717) is 13.1 Å². The molecule has 19 heavy (non-hydrogen) atoms. The summed E-state index contributed by atoms with van der Waals surface area (Å²) in [6.45, 7) is 2.84. The van der Waals surface area contributed by atoms with Crippen molar-refractivity contribution in [1.82, 2.24) is 4.90 Å². The van der Waals surface area contributed by atoms with Crippen LogP contribution in [0.25, 0.3) is 0 Å². The second kappa shape index (κ2) is 5.54. The number of hydrogen-bond acceptors (Lipinski definition) is 4. The van der Waals surface area contributed by atoms with Gasteiger partial charge in [-0.05, 0) is 19.8 Å². The SMILES string of the molecule is Cc1oc(C(=O)N2CCCCCC2)cc1S(=O)(=O)Cl. The highest BCUT2D eigenvalue weighted by molar-refractivity contribution is 8.13. The Morgan fingerprint density at radius 2 is 1.84 bits per heavy atom. The van der Waals surface area contributed by atoms with Gasteiger partial charge in [-0.3, -0.25) is 4.79 Å². The Kier molecular flexibility index (Phi) is 4.20. The topological polar surface area (TPSA) is 67.6 Å². The van der Waals surface area contributed by atoms with Crippen LogP contribution in [0.5, 0.6) is 0 Å². The van der Waals surface area contributed by atoms with E-state index in [1.54, 1.807) is 4.90 Å². The van der Waals surface area contributed by atoms with Crippen LogP contribution < -0.4 is 0 Å². The lowest BCUT2D eigenvalue weighted by molar-refractivity contribution is 0.0728. The van der Waals surface area contributed by atoms with Crippen molar-refractivity contribution in [3.05, 3.63) is 17.6 Å². The number of halogens is 1. The monoisotopic (exact) mass is 305 g/mol. The van der Waals surface area contributed by atoms with Gasteiger partial charge in [0.2, 0.25) is 0 Å². The third kappa shape index (κ3) is 3.30. The predicted molar refractivity (Wildman–Crippen MR) is 70.9 cm³/mol. The van der Waals surface area contributed by atoms with Crippen LogP contribution in [0.15, 0.2) is 15.4 Å². The Bertz CT molecular complexity index is 571. The van der Waals surface area contributed by atoms with E-state index in [-0.39, 0.29) is 22.3 Å². The molecule has 0 aliphatic carbocycles. The van der Waals surface area contributed by atoms with E-state index in [1.807, 2.05) is 0 Å². The number of amides is 1. The zero-order chi connectivity index (χ0) is 14.0. The molecule has 1 amide bonds. The van der Waals surface area contributed by atoms with E-state index in [0.717, 1.165) is 25.7 Å². The summed E-state index contributed by atoms with van der Waals surface area (Å²) in [6.07, 6.45) is 4.16. The van der Waals surface area contributed by atoms with E-state index in [2.05, 4.69) is 0 Å². The van der Waals surface area contributed by atoms with Gasteiger partial charge in [0.15, 0.2) is 5.76 Å². The van der Waals surface area contributed by atoms with Crippen molar-refractivity contribution in [3.63, 3.8) is 0 Å². The second-order valence-electron chi connectivity index (χ2n) is 4.68. The van der Waals surface area contributed by atoms with Gasteiger partial charge in [-0.2, -0.15) is 0 Å². The summed E-state index contributed by atoms with van der Waals surface area (Å²) in [7, 11) is 1.40. The highest BCUT2D eigenvalue weighted by Gasteiger charge is 2.25. The summed E-state index contributed by atoms with van der Waals surface area (Å²) in [5, 5.41) is 0. The third-order valence-electron chi connectivity index (χ3n) is 3.24. The van der Waals surface area contributed by atoms with Crippen LogP contribution in [0.2, 0.25) is 0 Å². The summed E-state index contributed by atoms with van der Waals surface area (Å²) in [6, 6.07) is 1.21. The number of carbonyl (C=O) groups excluding carboxylic acids is 1. The van der Waals surface area contributed by atoms with Gasteiger partial charge in [0, 0.05) is 29.8 Å². The normalized spacial score (nSPS) is 17.3. The van der Waals surface area contributed by atoms with Gasteiger partial charge in [-0.15, -0.1) is 0 Å². The molecule has 0 atom stereocenters. The van der Waals surface area contributed by atoms with Gasteiger partial charge in [-0.1, -0.05) is 12.8 Å². The fourth-order valence-electron chi connectivity index (χ4n) is 2.24. The fraction of sp³-hybridized carbons (Fsp3) is 0.583. The molecule has 0 spiro atoms. The lowest BCUT2D eigenvalue weighted by atomic mass is 10.2. The zero-order valence-corrected chi connectivity index (χ0v) is 12.3. The number of carbonyl (C=O) groups is 1. The second-order valence-corrected chi connectivity index (χ2v) is 7.21. The molecule has 2 rings (SSSR count). The highest BCUT2D eigenvalue weighted by Crippen LogP contribution is 2.24. The predicted octanol–water partition coefficient (Wildman–Crippen LogP) is 2.53. The lowest BCUT2D eigenvalue weighted by Gasteiger charge is -2.18. The maximum Gasteiger partial charge on any atom is 0.289 e. The minimum Gasteiger partial charge on any atom is -0.455 e. The molecule has 7 heteroatoms. The largest absolute Gasteiger partial charge is 0.455 e. The molecule has 1 aromatic heterocycles. The molecule has 106 valence electrons. The van der Waals surface area contributed by atoms with E-state index in [9.17, 15) is 13.2 Å². The minimum atomic E-state index is -3.88. The van der Waals surface area contributed by atoms with E-state index in [1.165, 1.54) is 13.0 Å². The van der Waals surface area contributed by atoms with Crippen molar-refractivity contribution < 1.29 is 17.6 Å². The van der Waals surface area contributed by atoms with Gasteiger partial charge in [0.25, 0.3) is 15.0 Å². The van der Waals surface area contributed by atoms with E-state index < -0.39 is 9.05 Å². The summed E-state index contributed by atoms with van der Waals surface area (Å²) >= 11 is 0. The minimum absolute atomic E-state index is 0.0404. The van der Waals surface area contributed by atoms with Crippen LogP contribution in [-0.4, -0.2) is 32.3 Å². The molecule has 0 radical (unpaired) electrons. The molecule has 0 N–H and O–H groups in total. The van der Waals surface area contributed by atoms with Crippen LogP contribution in [0.4, 0.5) is 0 Å². The van der Waals surface area contributed by atoms with Gasteiger partial charge >= 0.3 is 0 Å². The molecule has 0 aromatic carbocycles. The van der Waals surface area contributed by atoms with Gasteiger partial charge in [0.05, 0.1) is 0 Å². The standard InChI is InChI=1S/C12H16ClNO4S/c1-9-11(19(13,16)17)8-10(18-9)12(15)14-6-4-2-3-5-7-14/h8H,2-7H2,1H3. The first-order valence-electron chi connectivity index (χ1n) is 6.24. The highest BCUT2D eigenvalue weighted by atomic mass is 35.7. The molecule has 2 heterocycles. The van der Waals surface area contributed by atoms with E-state index >= 15 is 0 Å². The Labute approximate surface area is 116 Å². The molecule has 1 aliphatic rings. The summed E-state index contributed by atoms with van der Waals surface area (Å²) in [5.41, 5.74) is 0. The number of likely N-dealkylation sites (tertiary alicyclic amines) is 1. The molecule has 5 nitrogen and oxygen atoms in total. The van der Waals surface area contributed by atoms with Crippen molar-refractivity contribution in [2.24, 2.45) is 0 Å². The Balaban J connectivity index is 2.24. The first-order chi connectivity index (χ1) is 8.89. The van der Waals surface area contributed by atoms with Crippen molar-refractivity contribution in [2.75, 3.05) is 13.1 Å². The van der Waals surface area contributed by atoms with Crippen molar-refractivity contribution >= 4 is 25.6 Å². The number of rotatable bonds is 2. The van der Waals surface area contributed by atoms with Crippen molar-refractivity contribution in [3.8, 4) is 0 Å². The smallest absolute Gasteiger partial charge is 0.289 e. The molecular formula is C12H16ClNO4S. The van der Waals surface area contributed by atoms with Gasteiger partial charge in [-0.25, -0.2) is 8.42 Å². The maximum absolute atomic E-state index is 12.2. The van der Waals surface area contributed by atoms with Crippen LogP contribution in [-0.2, 0) is 9.05 Å². The summed E-state index contributed by atoms with van der Waals surface area (Å²) in [4.78, 5) is 13.8. The average molecular weight is 306 g/mol. The summed E-state index contributed by atoms with van der Waals surface area (Å²) < 4.78 is 27.8. The summed E-state index contributed by atoms with van der Waals surface area (Å²) in [5.74, 6) is -0.0802. The molecule has 0 unspecified atom stereocenters. The lowest BCUT2D eigenvalue weighted by Crippen LogP contribution is -2.31. The molecule has 1 aliphatic heterocycles. The molecule has 0 saturated carbocycles. The van der Waals surface area contributed by atoms with Crippen LogP contribution in [0.1, 0.15) is 42.0 Å². The van der Waals surface area contributed by atoms with Crippen LogP contribution in [0.3, 0.4) is 0 Å². The molecule has 1 aromatic rings. The average Bonchev–Trinajstić information content (AvgIpc) is 2.57. The Morgan fingerprint density at radius 1 is 1.26 bits per heavy atom. The molecule has 1 saturated heterocycles. The number of furan rings is 1. The first kappa shape index (κ1) is 14.4.